The van der Waals surface area contributed by atoms with E-state index < -0.39 is 0 Å². The SMILES string of the molecule is CCC(=CCC(=O)C(C)C)NC(C)C. The zero-order chi connectivity index (χ0) is 11.1. The normalized spacial score (nSPS) is 12.4. The average molecular weight is 197 g/mol. The van der Waals surface area contributed by atoms with Crippen molar-refractivity contribution in [3.8, 4) is 0 Å². The summed E-state index contributed by atoms with van der Waals surface area (Å²) in [6, 6.07) is 0.440. The molecular weight excluding hydrogens is 174 g/mol. The second-order valence-electron chi connectivity index (χ2n) is 4.21. The Morgan fingerprint density at radius 3 is 2.21 bits per heavy atom. The fraction of sp³-hybridized carbons (Fsp3) is 0.750. The van der Waals surface area contributed by atoms with Crippen molar-refractivity contribution in [3.63, 3.8) is 0 Å². The second-order valence-corrected chi connectivity index (χ2v) is 4.21. The van der Waals surface area contributed by atoms with Crippen molar-refractivity contribution < 1.29 is 4.79 Å². The van der Waals surface area contributed by atoms with Crippen LogP contribution in [-0.4, -0.2) is 11.8 Å². The van der Waals surface area contributed by atoms with Gasteiger partial charge >= 0.3 is 0 Å². The van der Waals surface area contributed by atoms with Crippen LogP contribution in [0, 0.1) is 5.92 Å². The van der Waals surface area contributed by atoms with Crippen molar-refractivity contribution in [1.29, 1.82) is 0 Å². The van der Waals surface area contributed by atoms with Crippen LogP contribution in [0.15, 0.2) is 11.8 Å². The smallest absolute Gasteiger partial charge is 0.139 e. The lowest BCUT2D eigenvalue weighted by atomic mass is 10.1. The first-order valence-electron chi connectivity index (χ1n) is 5.45. The highest BCUT2D eigenvalue weighted by Crippen LogP contribution is 2.04. The topological polar surface area (TPSA) is 29.1 Å². The van der Waals surface area contributed by atoms with Crippen molar-refractivity contribution in [2.75, 3.05) is 0 Å². The zero-order valence-electron chi connectivity index (χ0n) is 10.1. The van der Waals surface area contributed by atoms with Crippen LogP contribution in [0.4, 0.5) is 0 Å². The first-order valence-corrected chi connectivity index (χ1v) is 5.45. The lowest BCUT2D eigenvalue weighted by Crippen LogP contribution is -2.21. The van der Waals surface area contributed by atoms with Gasteiger partial charge in [0.1, 0.15) is 5.78 Å². The summed E-state index contributed by atoms with van der Waals surface area (Å²) >= 11 is 0. The van der Waals surface area contributed by atoms with E-state index in [0.29, 0.717) is 18.2 Å². The van der Waals surface area contributed by atoms with Gasteiger partial charge < -0.3 is 5.32 Å². The van der Waals surface area contributed by atoms with Crippen molar-refractivity contribution >= 4 is 5.78 Å². The third kappa shape index (κ3) is 5.79. The lowest BCUT2D eigenvalue weighted by molar-refractivity contribution is -0.121. The number of carbonyl (C=O) groups excluding carboxylic acids is 1. The first kappa shape index (κ1) is 13.2. The molecule has 0 aliphatic heterocycles. The van der Waals surface area contributed by atoms with Gasteiger partial charge in [0.2, 0.25) is 0 Å². The van der Waals surface area contributed by atoms with E-state index in [1.807, 2.05) is 19.9 Å². The minimum atomic E-state index is 0.142. The van der Waals surface area contributed by atoms with Gasteiger partial charge in [-0.2, -0.15) is 0 Å². The summed E-state index contributed by atoms with van der Waals surface area (Å²) in [5.74, 6) is 0.449. The summed E-state index contributed by atoms with van der Waals surface area (Å²) < 4.78 is 0. The van der Waals surface area contributed by atoms with E-state index in [1.54, 1.807) is 0 Å². The van der Waals surface area contributed by atoms with Crippen LogP contribution in [0.5, 0.6) is 0 Å². The fourth-order valence-corrected chi connectivity index (χ4v) is 1.14. The Labute approximate surface area is 87.8 Å². The predicted octanol–water partition coefficient (Wildman–Crippen LogP) is 2.89. The molecule has 1 N–H and O–H groups in total. The van der Waals surface area contributed by atoms with Gasteiger partial charge in [-0.05, 0) is 20.3 Å². The molecule has 0 bridgehead atoms. The van der Waals surface area contributed by atoms with Crippen LogP contribution >= 0.6 is 0 Å². The van der Waals surface area contributed by atoms with Crippen LogP contribution in [-0.2, 0) is 4.79 Å². The highest BCUT2D eigenvalue weighted by molar-refractivity contribution is 5.81. The molecule has 0 heterocycles. The lowest BCUT2D eigenvalue weighted by Gasteiger charge is -2.12. The number of allylic oxidation sites excluding steroid dienone is 2. The monoisotopic (exact) mass is 197 g/mol. The maximum atomic E-state index is 11.4. The highest BCUT2D eigenvalue weighted by atomic mass is 16.1. The minimum absolute atomic E-state index is 0.142. The van der Waals surface area contributed by atoms with E-state index in [9.17, 15) is 4.79 Å². The van der Waals surface area contributed by atoms with Crippen molar-refractivity contribution in [1.82, 2.24) is 5.32 Å². The molecule has 2 heteroatoms. The van der Waals surface area contributed by atoms with Gasteiger partial charge in [-0.15, -0.1) is 0 Å². The molecule has 0 aliphatic carbocycles. The summed E-state index contributed by atoms with van der Waals surface area (Å²) in [6.45, 7) is 10.2. The number of carbonyl (C=O) groups is 1. The van der Waals surface area contributed by atoms with Gasteiger partial charge in [-0.3, -0.25) is 4.79 Å². The van der Waals surface area contributed by atoms with E-state index in [-0.39, 0.29) is 5.92 Å². The Morgan fingerprint density at radius 2 is 1.86 bits per heavy atom. The summed E-state index contributed by atoms with van der Waals surface area (Å²) in [5.41, 5.74) is 1.18. The molecule has 14 heavy (non-hydrogen) atoms. The number of hydrogen-bond acceptors (Lipinski definition) is 2. The summed E-state index contributed by atoms with van der Waals surface area (Å²) in [4.78, 5) is 11.4. The van der Waals surface area contributed by atoms with Crippen LogP contribution in [0.25, 0.3) is 0 Å². The van der Waals surface area contributed by atoms with Crippen molar-refractivity contribution in [3.05, 3.63) is 11.8 Å². The number of hydrogen-bond donors (Lipinski definition) is 1. The van der Waals surface area contributed by atoms with E-state index in [0.717, 1.165) is 6.42 Å². The third-order valence-electron chi connectivity index (χ3n) is 2.05. The van der Waals surface area contributed by atoms with Crippen molar-refractivity contribution in [2.45, 2.75) is 53.5 Å². The Balaban J connectivity index is 4.11. The zero-order valence-corrected chi connectivity index (χ0v) is 10.1. The van der Waals surface area contributed by atoms with Gasteiger partial charge in [0.05, 0.1) is 0 Å². The van der Waals surface area contributed by atoms with E-state index in [2.05, 4.69) is 26.1 Å². The van der Waals surface area contributed by atoms with Crippen LogP contribution in [0.2, 0.25) is 0 Å². The Kier molecular flexibility index (Phi) is 6.26. The van der Waals surface area contributed by atoms with Crippen LogP contribution < -0.4 is 5.32 Å². The second kappa shape index (κ2) is 6.63. The number of nitrogens with one attached hydrogen (secondary N) is 1. The molecule has 0 aromatic carbocycles. The Morgan fingerprint density at radius 1 is 1.29 bits per heavy atom. The molecule has 0 unspecified atom stereocenters. The summed E-state index contributed by atoms with van der Waals surface area (Å²) in [6.07, 6.45) is 3.53. The molecule has 0 rings (SSSR count). The maximum Gasteiger partial charge on any atom is 0.139 e. The molecule has 0 aromatic heterocycles. The van der Waals surface area contributed by atoms with Gasteiger partial charge in [-0.25, -0.2) is 0 Å². The maximum absolute atomic E-state index is 11.4. The standard InChI is InChI=1S/C12H23NO/c1-6-11(13-10(4)5)7-8-12(14)9(2)3/h7,9-10,13H,6,8H2,1-5H3. The molecule has 0 saturated carbocycles. The number of Topliss-reactive ketones (excluding diaryl/α,β-unsaturated/α-hetero) is 1. The van der Waals surface area contributed by atoms with E-state index in [1.165, 1.54) is 5.70 Å². The molecule has 0 aromatic rings. The molecule has 0 amide bonds. The quantitative estimate of drug-likeness (QED) is 0.709. The molecular formula is C12H23NO. The summed E-state index contributed by atoms with van der Waals surface area (Å²) in [7, 11) is 0. The Bertz CT molecular complexity index is 204. The highest BCUT2D eigenvalue weighted by Gasteiger charge is 2.05. The van der Waals surface area contributed by atoms with Gasteiger partial charge in [0.25, 0.3) is 0 Å². The molecule has 0 saturated heterocycles. The van der Waals surface area contributed by atoms with E-state index >= 15 is 0 Å². The number of rotatable bonds is 6. The molecule has 0 spiro atoms. The van der Waals surface area contributed by atoms with E-state index in [4.69, 9.17) is 0 Å². The van der Waals surface area contributed by atoms with Gasteiger partial charge in [-0.1, -0.05) is 26.8 Å². The van der Waals surface area contributed by atoms with Gasteiger partial charge in [0.15, 0.2) is 0 Å². The largest absolute Gasteiger partial charge is 0.386 e. The minimum Gasteiger partial charge on any atom is -0.386 e. The van der Waals surface area contributed by atoms with Crippen LogP contribution in [0.3, 0.4) is 0 Å². The summed E-state index contributed by atoms with van der Waals surface area (Å²) in [5, 5.41) is 3.33. The molecule has 0 fully saturated rings. The third-order valence-corrected chi connectivity index (χ3v) is 2.05. The molecule has 82 valence electrons. The van der Waals surface area contributed by atoms with Crippen molar-refractivity contribution in [2.24, 2.45) is 5.92 Å². The van der Waals surface area contributed by atoms with Gasteiger partial charge in [0, 0.05) is 24.1 Å². The Hall–Kier alpha value is -0.790. The molecule has 0 atom stereocenters. The molecule has 2 nitrogen and oxygen atoms in total. The number of ketones is 1. The fourth-order valence-electron chi connectivity index (χ4n) is 1.14. The predicted molar refractivity (Wildman–Crippen MR) is 61.1 cm³/mol. The average Bonchev–Trinajstić information content (AvgIpc) is 2.10. The first-order chi connectivity index (χ1) is 6.47. The molecule has 0 aliphatic rings. The van der Waals surface area contributed by atoms with Crippen LogP contribution in [0.1, 0.15) is 47.5 Å². The molecule has 0 radical (unpaired) electrons.